The van der Waals surface area contributed by atoms with Crippen LogP contribution in [0.5, 0.6) is 0 Å². The maximum absolute atomic E-state index is 12.4. The van der Waals surface area contributed by atoms with Crippen LogP contribution < -0.4 is 0 Å². The Morgan fingerprint density at radius 2 is 2.29 bits per heavy atom. The molecule has 1 heterocycles. The number of nitrogens with zero attached hydrogens (tertiary/aromatic N) is 2. The van der Waals surface area contributed by atoms with Gasteiger partial charge in [-0.25, -0.2) is 0 Å². The molecule has 3 nitrogen and oxygen atoms in total. The van der Waals surface area contributed by atoms with Crippen LogP contribution in [0.1, 0.15) is 37.0 Å². The highest BCUT2D eigenvalue weighted by molar-refractivity contribution is 6.33. The second kappa shape index (κ2) is 5.05. The van der Waals surface area contributed by atoms with Gasteiger partial charge in [0.1, 0.15) is 0 Å². The maximum Gasteiger partial charge on any atom is 0.255 e. The molecule has 1 amide bonds. The molecular weight excluding hydrogens is 236 g/mol. The Labute approximate surface area is 107 Å². The minimum Gasteiger partial charge on any atom is -0.335 e. The molecular formula is C13H17ClN2O. The molecule has 2 rings (SSSR count). The molecule has 1 aromatic rings. The van der Waals surface area contributed by atoms with E-state index in [-0.39, 0.29) is 5.91 Å². The Hall–Kier alpha value is -1.09. The van der Waals surface area contributed by atoms with Crippen molar-refractivity contribution in [1.29, 1.82) is 0 Å². The first kappa shape index (κ1) is 12.4. The van der Waals surface area contributed by atoms with Crippen LogP contribution in [-0.4, -0.2) is 28.4 Å². The normalized spacial score (nSPS) is 15.1. The number of carbonyl (C=O) groups excluding carboxylic acids is 1. The Morgan fingerprint density at radius 1 is 1.59 bits per heavy atom. The van der Waals surface area contributed by atoms with Gasteiger partial charge in [0.15, 0.2) is 0 Å². The zero-order valence-corrected chi connectivity index (χ0v) is 10.9. The van der Waals surface area contributed by atoms with Crippen molar-refractivity contribution in [3.05, 3.63) is 29.0 Å². The van der Waals surface area contributed by atoms with Gasteiger partial charge < -0.3 is 4.90 Å². The van der Waals surface area contributed by atoms with Crippen molar-refractivity contribution in [1.82, 2.24) is 9.88 Å². The summed E-state index contributed by atoms with van der Waals surface area (Å²) < 4.78 is 0. The van der Waals surface area contributed by atoms with E-state index in [1.807, 2.05) is 4.90 Å². The Kier molecular flexibility index (Phi) is 3.67. The smallest absolute Gasteiger partial charge is 0.255 e. The second-order valence-electron chi connectivity index (χ2n) is 4.94. The van der Waals surface area contributed by atoms with Crippen LogP contribution in [0.25, 0.3) is 0 Å². The van der Waals surface area contributed by atoms with Crippen LogP contribution in [0.2, 0.25) is 5.02 Å². The van der Waals surface area contributed by atoms with Gasteiger partial charge in [-0.15, -0.1) is 0 Å². The molecule has 0 unspecified atom stereocenters. The van der Waals surface area contributed by atoms with Crippen LogP contribution in [0.4, 0.5) is 0 Å². The fourth-order valence-electron chi connectivity index (χ4n) is 1.88. The van der Waals surface area contributed by atoms with E-state index in [2.05, 4.69) is 18.8 Å². The lowest BCUT2D eigenvalue weighted by molar-refractivity contribution is 0.0722. The number of amides is 1. The molecule has 0 aromatic carbocycles. The van der Waals surface area contributed by atoms with Crippen LogP contribution in [-0.2, 0) is 0 Å². The number of rotatable bonds is 4. The quantitative estimate of drug-likeness (QED) is 0.825. The van der Waals surface area contributed by atoms with Crippen molar-refractivity contribution >= 4 is 17.5 Å². The molecule has 0 N–H and O–H groups in total. The third-order valence-corrected chi connectivity index (χ3v) is 3.11. The Bertz CT molecular complexity index is 416. The number of carbonyl (C=O) groups is 1. The van der Waals surface area contributed by atoms with E-state index in [0.717, 1.165) is 19.4 Å². The summed E-state index contributed by atoms with van der Waals surface area (Å²) in [4.78, 5) is 18.3. The highest BCUT2D eigenvalue weighted by Gasteiger charge is 2.33. The molecule has 0 atom stereocenters. The molecule has 0 saturated heterocycles. The molecule has 1 saturated carbocycles. The largest absolute Gasteiger partial charge is 0.335 e. The Balaban J connectivity index is 2.19. The van der Waals surface area contributed by atoms with Crippen LogP contribution >= 0.6 is 11.6 Å². The molecule has 4 heteroatoms. The Morgan fingerprint density at radius 3 is 2.82 bits per heavy atom. The summed E-state index contributed by atoms with van der Waals surface area (Å²) in [6.45, 7) is 5.04. The number of aromatic nitrogens is 1. The number of pyridine rings is 1. The van der Waals surface area contributed by atoms with Gasteiger partial charge in [0.05, 0.1) is 10.6 Å². The van der Waals surface area contributed by atoms with E-state index in [9.17, 15) is 4.79 Å². The monoisotopic (exact) mass is 252 g/mol. The summed E-state index contributed by atoms with van der Waals surface area (Å²) in [5.41, 5.74) is 0.564. The van der Waals surface area contributed by atoms with E-state index in [1.54, 1.807) is 12.3 Å². The lowest BCUT2D eigenvalue weighted by Gasteiger charge is -2.24. The van der Waals surface area contributed by atoms with Gasteiger partial charge in [0, 0.05) is 25.0 Å². The zero-order valence-electron chi connectivity index (χ0n) is 10.2. The third-order valence-electron chi connectivity index (χ3n) is 2.81. The van der Waals surface area contributed by atoms with Crippen molar-refractivity contribution in [2.24, 2.45) is 5.92 Å². The topological polar surface area (TPSA) is 33.2 Å². The predicted octanol–water partition coefficient (Wildman–Crippen LogP) is 3.00. The maximum atomic E-state index is 12.4. The van der Waals surface area contributed by atoms with Crippen LogP contribution in [0.15, 0.2) is 18.5 Å². The highest BCUT2D eigenvalue weighted by atomic mass is 35.5. The van der Waals surface area contributed by atoms with E-state index in [1.165, 1.54) is 6.20 Å². The van der Waals surface area contributed by atoms with E-state index >= 15 is 0 Å². The van der Waals surface area contributed by atoms with Gasteiger partial charge >= 0.3 is 0 Å². The molecule has 1 fully saturated rings. The van der Waals surface area contributed by atoms with Crippen molar-refractivity contribution < 1.29 is 4.79 Å². The standard InChI is InChI=1S/C13H17ClN2O/c1-9(2)8-16(10-3-4-10)13(17)11-5-6-15-7-12(11)14/h5-7,9-10H,3-4,8H2,1-2H3. The fraction of sp³-hybridized carbons (Fsp3) is 0.538. The summed E-state index contributed by atoms with van der Waals surface area (Å²) in [6.07, 6.45) is 5.36. The summed E-state index contributed by atoms with van der Waals surface area (Å²) >= 11 is 6.01. The fourth-order valence-corrected chi connectivity index (χ4v) is 2.08. The van der Waals surface area contributed by atoms with Crippen LogP contribution in [0, 0.1) is 5.92 Å². The van der Waals surface area contributed by atoms with E-state index in [4.69, 9.17) is 11.6 Å². The van der Waals surface area contributed by atoms with Gasteiger partial charge in [-0.1, -0.05) is 25.4 Å². The molecule has 17 heavy (non-hydrogen) atoms. The third kappa shape index (κ3) is 2.97. The van der Waals surface area contributed by atoms with Crippen molar-refractivity contribution in [3.63, 3.8) is 0 Å². The first-order valence-corrected chi connectivity index (χ1v) is 6.38. The average Bonchev–Trinajstić information content (AvgIpc) is 3.09. The van der Waals surface area contributed by atoms with Gasteiger partial charge in [-0.3, -0.25) is 9.78 Å². The summed E-state index contributed by atoms with van der Waals surface area (Å²) in [6, 6.07) is 2.11. The SMILES string of the molecule is CC(C)CN(C(=O)c1ccncc1Cl)C1CC1. The lowest BCUT2D eigenvalue weighted by Crippen LogP contribution is -2.36. The van der Waals surface area contributed by atoms with Crippen molar-refractivity contribution in [3.8, 4) is 0 Å². The number of halogens is 1. The summed E-state index contributed by atoms with van der Waals surface area (Å²) in [5.74, 6) is 0.508. The molecule has 92 valence electrons. The van der Waals surface area contributed by atoms with Gasteiger partial charge in [-0.2, -0.15) is 0 Å². The first-order chi connectivity index (χ1) is 8.09. The summed E-state index contributed by atoms with van der Waals surface area (Å²) in [5, 5.41) is 0.437. The molecule has 1 aromatic heterocycles. The van der Waals surface area contributed by atoms with E-state index in [0.29, 0.717) is 22.5 Å². The van der Waals surface area contributed by atoms with Gasteiger partial charge in [-0.05, 0) is 24.8 Å². The van der Waals surface area contributed by atoms with Crippen molar-refractivity contribution in [2.75, 3.05) is 6.54 Å². The lowest BCUT2D eigenvalue weighted by atomic mass is 10.1. The van der Waals surface area contributed by atoms with E-state index < -0.39 is 0 Å². The highest BCUT2D eigenvalue weighted by Crippen LogP contribution is 2.30. The van der Waals surface area contributed by atoms with Gasteiger partial charge in [0.25, 0.3) is 5.91 Å². The molecule has 0 radical (unpaired) electrons. The molecule has 1 aliphatic carbocycles. The number of hydrogen-bond acceptors (Lipinski definition) is 2. The minimum atomic E-state index is 0.0357. The average molecular weight is 253 g/mol. The van der Waals surface area contributed by atoms with Crippen LogP contribution in [0.3, 0.4) is 0 Å². The predicted molar refractivity (Wildman–Crippen MR) is 68.1 cm³/mol. The molecule has 0 bridgehead atoms. The minimum absolute atomic E-state index is 0.0357. The first-order valence-electron chi connectivity index (χ1n) is 6.00. The van der Waals surface area contributed by atoms with Crippen molar-refractivity contribution in [2.45, 2.75) is 32.7 Å². The van der Waals surface area contributed by atoms with Gasteiger partial charge in [0.2, 0.25) is 0 Å². The number of hydrogen-bond donors (Lipinski definition) is 0. The zero-order chi connectivity index (χ0) is 12.4. The molecule has 0 aliphatic heterocycles. The second-order valence-corrected chi connectivity index (χ2v) is 5.35. The molecule has 1 aliphatic rings. The summed E-state index contributed by atoms with van der Waals surface area (Å²) in [7, 11) is 0. The molecule has 0 spiro atoms.